The second-order valence-electron chi connectivity index (χ2n) is 7.40. The molecule has 1 amide bonds. The van der Waals surface area contributed by atoms with Crippen LogP contribution in [0.4, 0.5) is 8.78 Å². The molecule has 0 spiro atoms. The second-order valence-corrected chi connectivity index (χ2v) is 9.28. The first kappa shape index (κ1) is 22.1. The summed E-state index contributed by atoms with van der Waals surface area (Å²) in [6.07, 6.45) is 0.0108. The van der Waals surface area contributed by atoms with E-state index >= 15 is 0 Å². The van der Waals surface area contributed by atoms with Crippen LogP contribution >= 0.6 is 0 Å². The van der Waals surface area contributed by atoms with Crippen molar-refractivity contribution < 1.29 is 26.4 Å². The van der Waals surface area contributed by atoms with Crippen LogP contribution in [0.25, 0.3) is 11.5 Å². The van der Waals surface area contributed by atoms with E-state index in [1.807, 2.05) is 30.3 Å². The van der Waals surface area contributed by atoms with Crippen molar-refractivity contribution in [2.75, 3.05) is 26.2 Å². The molecule has 3 aromatic rings. The molecule has 2 heterocycles. The lowest BCUT2D eigenvalue weighted by molar-refractivity contribution is -0.131. The standard InChI is InChI=1S/C22H21F2N3O4S/c1-15-19(25-22(31-15)16-6-3-2-4-7-16)14-20(28)26-10-12-27(13-11-26)32(29,30)21-17(23)8-5-9-18(21)24/h2-9H,10-14H2,1H3. The number of carbonyl (C=O) groups is 1. The first-order valence-corrected chi connectivity index (χ1v) is 11.4. The van der Waals surface area contributed by atoms with E-state index in [-0.39, 0.29) is 38.5 Å². The molecule has 1 aromatic heterocycles. The number of piperazine rings is 1. The maximum atomic E-state index is 14.0. The largest absolute Gasteiger partial charge is 0.441 e. The highest BCUT2D eigenvalue weighted by Crippen LogP contribution is 2.25. The maximum absolute atomic E-state index is 14.0. The molecule has 0 bridgehead atoms. The zero-order valence-electron chi connectivity index (χ0n) is 17.3. The number of carbonyl (C=O) groups excluding carboxylic acids is 1. The van der Waals surface area contributed by atoms with Gasteiger partial charge in [0.15, 0.2) is 4.90 Å². The molecule has 10 heteroatoms. The van der Waals surface area contributed by atoms with Gasteiger partial charge in [-0.25, -0.2) is 22.2 Å². The minimum atomic E-state index is -4.35. The van der Waals surface area contributed by atoms with Crippen LogP contribution in [0, 0.1) is 18.6 Å². The highest BCUT2D eigenvalue weighted by molar-refractivity contribution is 7.89. The van der Waals surface area contributed by atoms with E-state index in [1.165, 1.54) is 4.90 Å². The van der Waals surface area contributed by atoms with E-state index in [0.29, 0.717) is 17.3 Å². The molecular weight excluding hydrogens is 440 g/mol. The van der Waals surface area contributed by atoms with Gasteiger partial charge in [0, 0.05) is 31.7 Å². The van der Waals surface area contributed by atoms with Gasteiger partial charge in [0.05, 0.1) is 12.1 Å². The molecule has 1 aliphatic heterocycles. The van der Waals surface area contributed by atoms with Gasteiger partial charge in [-0.15, -0.1) is 0 Å². The molecule has 168 valence electrons. The van der Waals surface area contributed by atoms with Crippen LogP contribution < -0.4 is 0 Å². The number of nitrogens with zero attached hydrogens (tertiary/aromatic N) is 3. The number of aromatic nitrogens is 1. The van der Waals surface area contributed by atoms with E-state index in [0.717, 1.165) is 28.1 Å². The number of halogens is 2. The Balaban J connectivity index is 1.42. The summed E-state index contributed by atoms with van der Waals surface area (Å²) in [5.74, 6) is -1.55. The zero-order chi connectivity index (χ0) is 22.9. The van der Waals surface area contributed by atoms with Crippen molar-refractivity contribution in [3.8, 4) is 11.5 Å². The Hall–Kier alpha value is -3.11. The molecule has 1 fully saturated rings. The van der Waals surface area contributed by atoms with Crippen LogP contribution in [0.15, 0.2) is 57.8 Å². The van der Waals surface area contributed by atoms with E-state index < -0.39 is 26.6 Å². The Morgan fingerprint density at radius 1 is 1.00 bits per heavy atom. The van der Waals surface area contributed by atoms with E-state index in [2.05, 4.69) is 4.98 Å². The summed E-state index contributed by atoms with van der Waals surface area (Å²) < 4.78 is 60.0. The van der Waals surface area contributed by atoms with Crippen molar-refractivity contribution in [3.63, 3.8) is 0 Å². The van der Waals surface area contributed by atoms with Crippen LogP contribution in [-0.2, 0) is 21.2 Å². The first-order chi connectivity index (χ1) is 15.3. The van der Waals surface area contributed by atoms with E-state index in [4.69, 9.17) is 4.42 Å². The van der Waals surface area contributed by atoms with Crippen molar-refractivity contribution >= 4 is 15.9 Å². The Bertz CT molecular complexity index is 1220. The van der Waals surface area contributed by atoms with Crippen molar-refractivity contribution in [3.05, 3.63) is 71.6 Å². The van der Waals surface area contributed by atoms with Gasteiger partial charge in [0.25, 0.3) is 0 Å². The van der Waals surface area contributed by atoms with Gasteiger partial charge in [-0.05, 0) is 31.2 Å². The highest BCUT2D eigenvalue weighted by Gasteiger charge is 2.34. The quantitative estimate of drug-likeness (QED) is 0.583. The van der Waals surface area contributed by atoms with Crippen molar-refractivity contribution in [1.29, 1.82) is 0 Å². The molecule has 4 rings (SSSR count). The summed E-state index contributed by atoms with van der Waals surface area (Å²) in [6.45, 7) is 1.83. The SMILES string of the molecule is Cc1oc(-c2ccccc2)nc1CC(=O)N1CCN(S(=O)(=O)c2c(F)cccc2F)CC1. The maximum Gasteiger partial charge on any atom is 0.249 e. The molecule has 0 atom stereocenters. The lowest BCUT2D eigenvalue weighted by atomic mass is 10.2. The fourth-order valence-corrected chi connectivity index (χ4v) is 5.12. The minimum absolute atomic E-state index is 0.0108. The van der Waals surface area contributed by atoms with Gasteiger partial charge in [-0.3, -0.25) is 4.79 Å². The third-order valence-corrected chi connectivity index (χ3v) is 7.29. The summed E-state index contributed by atoms with van der Waals surface area (Å²) in [5, 5.41) is 0. The normalized spacial score (nSPS) is 15.2. The molecule has 1 saturated heterocycles. The monoisotopic (exact) mass is 461 g/mol. The van der Waals surface area contributed by atoms with Gasteiger partial charge in [-0.2, -0.15) is 4.31 Å². The number of benzene rings is 2. The van der Waals surface area contributed by atoms with Gasteiger partial charge in [-0.1, -0.05) is 24.3 Å². The smallest absolute Gasteiger partial charge is 0.249 e. The summed E-state index contributed by atoms with van der Waals surface area (Å²) in [4.78, 5) is 17.7. The fraction of sp³-hybridized carbons (Fsp3) is 0.273. The van der Waals surface area contributed by atoms with E-state index in [1.54, 1.807) is 6.92 Å². The molecule has 2 aromatic carbocycles. The molecule has 32 heavy (non-hydrogen) atoms. The lowest BCUT2D eigenvalue weighted by Gasteiger charge is -2.34. The number of amides is 1. The topological polar surface area (TPSA) is 83.7 Å². The number of aryl methyl sites for hydroxylation is 1. The second kappa shape index (κ2) is 8.79. The summed E-state index contributed by atoms with van der Waals surface area (Å²) in [5.41, 5.74) is 1.31. The molecule has 0 radical (unpaired) electrons. The van der Waals surface area contributed by atoms with Gasteiger partial charge >= 0.3 is 0 Å². The molecule has 0 aliphatic carbocycles. The predicted molar refractivity (Wildman–Crippen MR) is 112 cm³/mol. The van der Waals surface area contributed by atoms with Crippen LogP contribution in [0.2, 0.25) is 0 Å². The van der Waals surface area contributed by atoms with Gasteiger partial charge in [0.2, 0.25) is 21.8 Å². The Kier molecular flexibility index (Phi) is 6.07. The number of hydrogen-bond donors (Lipinski definition) is 0. The first-order valence-electron chi connectivity index (χ1n) is 10.0. The van der Waals surface area contributed by atoms with Crippen molar-refractivity contribution in [1.82, 2.24) is 14.2 Å². The number of rotatable bonds is 5. The summed E-state index contributed by atoms with van der Waals surface area (Å²) in [6, 6.07) is 12.2. The van der Waals surface area contributed by atoms with Gasteiger partial charge in [0.1, 0.15) is 17.4 Å². The number of oxazole rings is 1. The molecule has 0 saturated carbocycles. The molecule has 0 N–H and O–H groups in total. The van der Waals surface area contributed by atoms with Crippen LogP contribution in [0.5, 0.6) is 0 Å². The molecular formula is C22H21F2N3O4S. The average Bonchev–Trinajstić information content (AvgIpc) is 3.14. The number of sulfonamides is 1. The lowest BCUT2D eigenvalue weighted by Crippen LogP contribution is -2.51. The highest BCUT2D eigenvalue weighted by atomic mass is 32.2. The Labute approximate surface area is 184 Å². The average molecular weight is 461 g/mol. The van der Waals surface area contributed by atoms with Crippen LogP contribution in [0.3, 0.4) is 0 Å². The summed E-state index contributed by atoms with van der Waals surface area (Å²) in [7, 11) is -4.35. The Morgan fingerprint density at radius 2 is 1.62 bits per heavy atom. The van der Waals surface area contributed by atoms with Crippen molar-refractivity contribution in [2.24, 2.45) is 0 Å². The zero-order valence-corrected chi connectivity index (χ0v) is 18.1. The third kappa shape index (κ3) is 4.28. The van der Waals surface area contributed by atoms with Gasteiger partial charge < -0.3 is 9.32 Å². The Morgan fingerprint density at radius 3 is 2.25 bits per heavy atom. The fourth-order valence-electron chi connectivity index (χ4n) is 3.59. The van der Waals surface area contributed by atoms with Crippen LogP contribution in [0.1, 0.15) is 11.5 Å². The minimum Gasteiger partial charge on any atom is -0.441 e. The van der Waals surface area contributed by atoms with Crippen molar-refractivity contribution in [2.45, 2.75) is 18.2 Å². The predicted octanol–water partition coefficient (Wildman–Crippen LogP) is 3.00. The van der Waals surface area contributed by atoms with Crippen LogP contribution in [-0.4, -0.2) is 54.7 Å². The molecule has 1 aliphatic rings. The van der Waals surface area contributed by atoms with E-state index in [9.17, 15) is 22.0 Å². The third-order valence-electron chi connectivity index (χ3n) is 5.34. The summed E-state index contributed by atoms with van der Waals surface area (Å²) >= 11 is 0. The molecule has 7 nitrogen and oxygen atoms in total. The molecule has 0 unspecified atom stereocenters. The number of hydrogen-bond acceptors (Lipinski definition) is 5.